The average Bonchev–Trinajstić information content (AvgIpc) is 2.65. The molecule has 2 atom stereocenters. The quantitative estimate of drug-likeness (QED) is 0.587. The maximum absolute atomic E-state index is 12.8. The van der Waals surface area contributed by atoms with Gasteiger partial charge in [-0.3, -0.25) is 9.69 Å². The van der Waals surface area contributed by atoms with E-state index >= 15 is 0 Å². The van der Waals surface area contributed by atoms with Gasteiger partial charge in [0.2, 0.25) is 0 Å². The zero-order valence-corrected chi connectivity index (χ0v) is 15.6. The molecule has 2 aliphatic heterocycles. The molecule has 1 aromatic carbocycles. The van der Waals surface area contributed by atoms with E-state index in [4.69, 9.17) is 9.47 Å². The molecule has 0 saturated heterocycles. The third-order valence-electron chi connectivity index (χ3n) is 4.90. The van der Waals surface area contributed by atoms with Gasteiger partial charge in [-0.05, 0) is 38.0 Å². The van der Waals surface area contributed by atoms with Gasteiger partial charge in [-0.2, -0.15) is 0 Å². The van der Waals surface area contributed by atoms with Gasteiger partial charge in [-0.15, -0.1) is 6.58 Å². The molecule has 2 amide bonds. The van der Waals surface area contributed by atoms with Gasteiger partial charge in [-0.25, -0.2) is 9.59 Å². The Morgan fingerprint density at radius 2 is 2.00 bits per heavy atom. The van der Waals surface area contributed by atoms with Crippen LogP contribution in [-0.2, 0) is 14.3 Å². The monoisotopic (exact) mass is 372 g/mol. The minimum Gasteiger partial charge on any atom is -0.464 e. The van der Waals surface area contributed by atoms with Gasteiger partial charge < -0.3 is 14.4 Å². The van der Waals surface area contributed by atoms with E-state index < -0.39 is 18.1 Å². The summed E-state index contributed by atoms with van der Waals surface area (Å²) in [6.45, 7) is 8.48. The predicted molar refractivity (Wildman–Crippen MR) is 99.8 cm³/mol. The molecule has 2 aliphatic rings. The van der Waals surface area contributed by atoms with Crippen LogP contribution >= 0.6 is 0 Å². The summed E-state index contributed by atoms with van der Waals surface area (Å²) in [7, 11) is 0. The molecule has 0 saturated carbocycles. The first kappa shape index (κ1) is 18.9. The Bertz CT molecular complexity index is 776. The number of esters is 1. The lowest BCUT2D eigenvalue weighted by Gasteiger charge is -2.43. The fourth-order valence-corrected chi connectivity index (χ4v) is 3.90. The topological polar surface area (TPSA) is 76.2 Å². The number of amides is 2. The molecule has 2 heterocycles. The van der Waals surface area contributed by atoms with E-state index in [9.17, 15) is 14.4 Å². The molecule has 3 rings (SSSR count). The van der Waals surface area contributed by atoms with Crippen LogP contribution in [-0.4, -0.2) is 55.2 Å². The van der Waals surface area contributed by atoms with Crippen LogP contribution < -0.4 is 4.90 Å². The van der Waals surface area contributed by atoms with Crippen molar-refractivity contribution in [3.05, 3.63) is 42.0 Å². The summed E-state index contributed by atoms with van der Waals surface area (Å²) >= 11 is 0. The van der Waals surface area contributed by atoms with Crippen LogP contribution in [0.2, 0.25) is 0 Å². The summed E-state index contributed by atoms with van der Waals surface area (Å²) in [5.41, 5.74) is 1.91. The molecule has 0 unspecified atom stereocenters. The summed E-state index contributed by atoms with van der Waals surface area (Å²) in [6, 6.07) is 4.46. The predicted octanol–water partition coefficient (Wildman–Crippen LogP) is 2.71. The second kappa shape index (κ2) is 7.82. The normalized spacial score (nSPS) is 20.7. The Morgan fingerprint density at radius 1 is 1.26 bits per heavy atom. The van der Waals surface area contributed by atoms with Crippen LogP contribution in [0.15, 0.2) is 30.9 Å². The van der Waals surface area contributed by atoms with Crippen molar-refractivity contribution in [3.63, 3.8) is 0 Å². The molecule has 0 fully saturated rings. The maximum atomic E-state index is 12.8. The van der Waals surface area contributed by atoms with Crippen LogP contribution in [0, 0.1) is 0 Å². The number of hydrogen-bond donors (Lipinski definition) is 0. The molecular weight excluding hydrogens is 348 g/mol. The second-order valence-corrected chi connectivity index (χ2v) is 6.51. The zero-order chi connectivity index (χ0) is 19.6. The van der Waals surface area contributed by atoms with Gasteiger partial charge in [0.1, 0.15) is 6.04 Å². The van der Waals surface area contributed by atoms with Crippen molar-refractivity contribution in [2.24, 2.45) is 0 Å². The number of rotatable bonds is 5. The smallest absolute Gasteiger partial charge is 0.415 e. The molecule has 0 aromatic heterocycles. The van der Waals surface area contributed by atoms with Crippen LogP contribution in [0.1, 0.15) is 42.1 Å². The number of carbonyl (C=O) groups is 3. The first-order valence-corrected chi connectivity index (χ1v) is 9.19. The fourth-order valence-electron chi connectivity index (χ4n) is 3.90. The lowest BCUT2D eigenvalue weighted by molar-refractivity contribution is -0.145. The van der Waals surface area contributed by atoms with Crippen molar-refractivity contribution in [3.8, 4) is 0 Å². The van der Waals surface area contributed by atoms with Gasteiger partial charge in [0.25, 0.3) is 5.91 Å². The number of carbonyl (C=O) groups excluding carboxylic acids is 3. The standard InChI is InChI=1S/C20H24N2O5/c1-4-10-21-12-13-11-16(19(24)26-5-2)22(20(25)27-6-3)15-9-7-8-14(17(13)15)18(21)23/h4,7-9,13,16H,1,5-6,10-12H2,2-3H3/t13-,16-/m0/s1. The summed E-state index contributed by atoms with van der Waals surface area (Å²) in [5.74, 6) is -0.621. The molecule has 0 N–H and O–H groups in total. The van der Waals surface area contributed by atoms with Gasteiger partial charge in [0.15, 0.2) is 0 Å². The summed E-state index contributed by atoms with van der Waals surface area (Å²) < 4.78 is 10.4. The molecule has 27 heavy (non-hydrogen) atoms. The highest BCUT2D eigenvalue weighted by atomic mass is 16.6. The number of hydrogen-bond acceptors (Lipinski definition) is 5. The Balaban J connectivity index is 2.10. The summed E-state index contributed by atoms with van der Waals surface area (Å²) in [4.78, 5) is 41.1. The first-order chi connectivity index (χ1) is 13.0. The van der Waals surface area contributed by atoms with Crippen molar-refractivity contribution < 1.29 is 23.9 Å². The van der Waals surface area contributed by atoms with Gasteiger partial charge >= 0.3 is 12.1 Å². The van der Waals surface area contributed by atoms with E-state index in [-0.39, 0.29) is 25.0 Å². The minimum atomic E-state index is -0.782. The maximum Gasteiger partial charge on any atom is 0.415 e. The van der Waals surface area contributed by atoms with E-state index in [2.05, 4.69) is 6.58 Å². The highest BCUT2D eigenvalue weighted by Gasteiger charge is 2.45. The molecule has 7 heteroatoms. The van der Waals surface area contributed by atoms with Crippen LogP contribution in [0.3, 0.4) is 0 Å². The third kappa shape index (κ3) is 3.29. The van der Waals surface area contributed by atoms with Crippen LogP contribution in [0.5, 0.6) is 0 Å². The SMILES string of the molecule is C=CCN1C[C@@H]2C[C@@H](C(=O)OCC)N(C(=O)OCC)c3cccc(c32)C1=O. The fraction of sp³-hybridized carbons (Fsp3) is 0.450. The molecule has 0 radical (unpaired) electrons. The Morgan fingerprint density at radius 3 is 2.67 bits per heavy atom. The molecule has 0 bridgehead atoms. The number of anilines is 1. The van der Waals surface area contributed by atoms with E-state index in [1.54, 1.807) is 43.0 Å². The average molecular weight is 372 g/mol. The van der Waals surface area contributed by atoms with Crippen LogP contribution in [0.25, 0.3) is 0 Å². The van der Waals surface area contributed by atoms with Crippen molar-refractivity contribution in [2.45, 2.75) is 32.2 Å². The highest BCUT2D eigenvalue weighted by Crippen LogP contribution is 2.44. The molecule has 0 spiro atoms. The molecule has 7 nitrogen and oxygen atoms in total. The van der Waals surface area contributed by atoms with Crippen molar-refractivity contribution >= 4 is 23.7 Å². The van der Waals surface area contributed by atoms with Gasteiger partial charge in [0, 0.05) is 24.6 Å². The molecule has 1 aromatic rings. The number of benzene rings is 1. The molecule has 144 valence electrons. The van der Waals surface area contributed by atoms with Crippen LogP contribution in [0.4, 0.5) is 10.5 Å². The number of nitrogens with zero attached hydrogens (tertiary/aromatic N) is 2. The zero-order valence-electron chi connectivity index (χ0n) is 15.6. The van der Waals surface area contributed by atoms with Gasteiger partial charge in [-0.1, -0.05) is 12.1 Å². The van der Waals surface area contributed by atoms with Crippen molar-refractivity contribution in [1.82, 2.24) is 4.90 Å². The van der Waals surface area contributed by atoms with E-state index in [1.807, 2.05) is 0 Å². The largest absolute Gasteiger partial charge is 0.464 e. The van der Waals surface area contributed by atoms with E-state index in [1.165, 1.54) is 4.90 Å². The lowest BCUT2D eigenvalue weighted by Crippen LogP contribution is -2.53. The lowest BCUT2D eigenvalue weighted by atomic mass is 9.80. The van der Waals surface area contributed by atoms with Gasteiger partial charge in [0.05, 0.1) is 18.9 Å². The first-order valence-electron chi connectivity index (χ1n) is 9.19. The Hall–Kier alpha value is -2.83. The molecule has 0 aliphatic carbocycles. The summed E-state index contributed by atoms with van der Waals surface area (Å²) in [5, 5.41) is 0. The summed E-state index contributed by atoms with van der Waals surface area (Å²) in [6.07, 6.45) is 1.45. The van der Waals surface area contributed by atoms with E-state index in [0.717, 1.165) is 5.56 Å². The second-order valence-electron chi connectivity index (χ2n) is 6.51. The third-order valence-corrected chi connectivity index (χ3v) is 4.90. The van der Waals surface area contributed by atoms with Crippen molar-refractivity contribution in [2.75, 3.05) is 31.2 Å². The Kier molecular flexibility index (Phi) is 5.48. The van der Waals surface area contributed by atoms with Crippen molar-refractivity contribution in [1.29, 1.82) is 0 Å². The Labute approximate surface area is 158 Å². The minimum absolute atomic E-state index is 0.0612. The number of ether oxygens (including phenoxy) is 2. The molecular formula is C20H24N2O5. The highest BCUT2D eigenvalue weighted by molar-refractivity contribution is 6.03. The van der Waals surface area contributed by atoms with E-state index in [0.29, 0.717) is 30.8 Å².